The number of fused-ring (bicyclic) bond motifs is 1. The van der Waals surface area contributed by atoms with Crippen molar-refractivity contribution < 1.29 is 0 Å². The van der Waals surface area contributed by atoms with E-state index in [9.17, 15) is 0 Å². The van der Waals surface area contributed by atoms with Crippen LogP contribution >= 0.6 is 11.3 Å². The molecule has 0 unspecified atom stereocenters. The van der Waals surface area contributed by atoms with Gasteiger partial charge in [0, 0.05) is 22.6 Å². The quantitative estimate of drug-likeness (QED) is 0.709. The average Bonchev–Trinajstić information content (AvgIpc) is 3.08. The van der Waals surface area contributed by atoms with Gasteiger partial charge in [-0.25, -0.2) is 0 Å². The molecule has 2 aromatic heterocycles. The van der Waals surface area contributed by atoms with Crippen molar-refractivity contribution in [2.45, 2.75) is 26.9 Å². The van der Waals surface area contributed by atoms with Gasteiger partial charge in [0.15, 0.2) is 0 Å². The zero-order valence-corrected chi connectivity index (χ0v) is 13.5. The van der Waals surface area contributed by atoms with E-state index in [4.69, 9.17) is 0 Å². The molecule has 2 heterocycles. The molecule has 0 aliphatic rings. The van der Waals surface area contributed by atoms with Crippen LogP contribution in [0, 0.1) is 5.92 Å². The van der Waals surface area contributed by atoms with Gasteiger partial charge in [-0.1, -0.05) is 38.1 Å². The topological polar surface area (TPSA) is 17.0 Å². The van der Waals surface area contributed by atoms with Crippen molar-refractivity contribution in [3.05, 3.63) is 58.4 Å². The first-order valence-electron chi connectivity index (χ1n) is 7.54. The Bertz CT molecular complexity index is 695. The fourth-order valence-corrected chi connectivity index (χ4v) is 3.34. The van der Waals surface area contributed by atoms with Crippen LogP contribution in [0.2, 0.25) is 0 Å². The molecule has 3 rings (SSSR count). The molecular formula is C18H22N2S. The van der Waals surface area contributed by atoms with E-state index in [2.05, 4.69) is 71.6 Å². The van der Waals surface area contributed by atoms with E-state index in [1.807, 2.05) is 11.3 Å². The largest absolute Gasteiger partial charge is 0.338 e. The van der Waals surface area contributed by atoms with Crippen LogP contribution in [0.25, 0.3) is 10.9 Å². The predicted molar refractivity (Wildman–Crippen MR) is 91.9 cm³/mol. The maximum absolute atomic E-state index is 3.56. The Kier molecular flexibility index (Phi) is 4.42. The molecule has 1 aromatic carbocycles. The summed E-state index contributed by atoms with van der Waals surface area (Å²) < 4.78 is 2.44. The number of rotatable bonds is 6. The molecule has 0 spiro atoms. The fourth-order valence-electron chi connectivity index (χ4n) is 2.65. The normalized spacial score (nSPS) is 11.6. The van der Waals surface area contributed by atoms with E-state index in [0.29, 0.717) is 5.92 Å². The molecule has 110 valence electrons. The lowest BCUT2D eigenvalue weighted by molar-refractivity contribution is 0.541. The Morgan fingerprint density at radius 2 is 2.00 bits per heavy atom. The molecule has 3 heteroatoms. The molecule has 0 aliphatic carbocycles. The summed E-state index contributed by atoms with van der Waals surface area (Å²) in [4.78, 5) is 1.40. The van der Waals surface area contributed by atoms with Crippen LogP contribution in [0.5, 0.6) is 0 Å². The Balaban J connectivity index is 1.90. The van der Waals surface area contributed by atoms with Crippen molar-refractivity contribution in [2.75, 3.05) is 6.54 Å². The summed E-state index contributed by atoms with van der Waals surface area (Å²) in [6, 6.07) is 15.3. The zero-order valence-electron chi connectivity index (χ0n) is 12.7. The SMILES string of the molecule is CC(C)CNCc1cc2ccccc2n1Cc1cccs1. The Labute approximate surface area is 130 Å². The van der Waals surface area contributed by atoms with Crippen LogP contribution < -0.4 is 5.32 Å². The molecule has 0 radical (unpaired) electrons. The third kappa shape index (κ3) is 3.36. The van der Waals surface area contributed by atoms with E-state index in [1.165, 1.54) is 21.5 Å². The molecule has 2 nitrogen and oxygen atoms in total. The maximum atomic E-state index is 3.56. The summed E-state index contributed by atoms with van der Waals surface area (Å²) >= 11 is 1.83. The lowest BCUT2D eigenvalue weighted by atomic mass is 10.2. The molecule has 0 aliphatic heterocycles. The van der Waals surface area contributed by atoms with Crippen LogP contribution in [-0.2, 0) is 13.1 Å². The monoisotopic (exact) mass is 298 g/mol. The lowest BCUT2D eigenvalue weighted by Gasteiger charge is -2.12. The number of para-hydroxylation sites is 1. The summed E-state index contributed by atoms with van der Waals surface area (Å²) in [5.41, 5.74) is 2.69. The first-order valence-corrected chi connectivity index (χ1v) is 8.42. The highest BCUT2D eigenvalue weighted by atomic mass is 32.1. The third-order valence-corrected chi connectivity index (χ3v) is 4.51. The highest BCUT2D eigenvalue weighted by Gasteiger charge is 2.09. The first kappa shape index (κ1) is 14.4. The molecular weight excluding hydrogens is 276 g/mol. The Hall–Kier alpha value is -1.58. The van der Waals surface area contributed by atoms with Gasteiger partial charge in [0.1, 0.15) is 0 Å². The molecule has 0 saturated heterocycles. The van der Waals surface area contributed by atoms with Crippen molar-refractivity contribution >= 4 is 22.2 Å². The van der Waals surface area contributed by atoms with Crippen molar-refractivity contribution in [1.82, 2.24) is 9.88 Å². The second kappa shape index (κ2) is 6.46. The van der Waals surface area contributed by atoms with Gasteiger partial charge < -0.3 is 9.88 Å². The molecule has 0 bridgehead atoms. The van der Waals surface area contributed by atoms with Crippen molar-refractivity contribution in [3.8, 4) is 0 Å². The Morgan fingerprint density at radius 3 is 2.76 bits per heavy atom. The summed E-state index contributed by atoms with van der Waals surface area (Å²) in [5, 5.41) is 7.04. The van der Waals surface area contributed by atoms with Gasteiger partial charge in [-0.2, -0.15) is 0 Å². The van der Waals surface area contributed by atoms with E-state index < -0.39 is 0 Å². The molecule has 0 saturated carbocycles. The first-order chi connectivity index (χ1) is 10.2. The van der Waals surface area contributed by atoms with Gasteiger partial charge in [-0.05, 0) is 41.4 Å². The second-order valence-corrected chi connectivity index (χ2v) is 6.92. The van der Waals surface area contributed by atoms with E-state index >= 15 is 0 Å². The van der Waals surface area contributed by atoms with Gasteiger partial charge in [0.2, 0.25) is 0 Å². The molecule has 0 amide bonds. The van der Waals surface area contributed by atoms with Crippen molar-refractivity contribution in [1.29, 1.82) is 0 Å². The Morgan fingerprint density at radius 1 is 1.14 bits per heavy atom. The minimum absolute atomic E-state index is 0.681. The number of thiophene rings is 1. The van der Waals surface area contributed by atoms with Gasteiger partial charge in [-0.15, -0.1) is 11.3 Å². The standard InChI is InChI=1S/C18H22N2S/c1-14(2)11-19-12-16-10-15-6-3-4-8-18(15)20(16)13-17-7-5-9-21-17/h3-10,14,19H,11-13H2,1-2H3. The smallest absolute Gasteiger partial charge is 0.0572 e. The number of hydrogen-bond acceptors (Lipinski definition) is 2. The van der Waals surface area contributed by atoms with E-state index in [-0.39, 0.29) is 0 Å². The fraction of sp³-hybridized carbons (Fsp3) is 0.333. The third-order valence-electron chi connectivity index (χ3n) is 3.65. The zero-order chi connectivity index (χ0) is 14.7. The van der Waals surface area contributed by atoms with Crippen LogP contribution in [0.15, 0.2) is 47.8 Å². The lowest BCUT2D eigenvalue weighted by Crippen LogP contribution is -2.21. The number of benzene rings is 1. The van der Waals surface area contributed by atoms with Crippen LogP contribution in [0.1, 0.15) is 24.4 Å². The van der Waals surface area contributed by atoms with Crippen LogP contribution in [-0.4, -0.2) is 11.1 Å². The highest BCUT2D eigenvalue weighted by Crippen LogP contribution is 2.22. The number of nitrogens with one attached hydrogen (secondary N) is 1. The van der Waals surface area contributed by atoms with E-state index in [1.54, 1.807) is 0 Å². The minimum atomic E-state index is 0.681. The van der Waals surface area contributed by atoms with Crippen LogP contribution in [0.3, 0.4) is 0 Å². The molecule has 3 aromatic rings. The van der Waals surface area contributed by atoms with Gasteiger partial charge >= 0.3 is 0 Å². The second-order valence-electron chi connectivity index (χ2n) is 5.88. The summed E-state index contributed by atoms with van der Waals surface area (Å²) in [6.45, 7) is 7.44. The summed E-state index contributed by atoms with van der Waals surface area (Å²) in [5.74, 6) is 0.681. The van der Waals surface area contributed by atoms with Crippen molar-refractivity contribution in [3.63, 3.8) is 0 Å². The van der Waals surface area contributed by atoms with Crippen LogP contribution in [0.4, 0.5) is 0 Å². The summed E-state index contributed by atoms with van der Waals surface area (Å²) in [7, 11) is 0. The number of aromatic nitrogens is 1. The molecule has 0 fully saturated rings. The van der Waals surface area contributed by atoms with Gasteiger partial charge in [-0.3, -0.25) is 0 Å². The van der Waals surface area contributed by atoms with Gasteiger partial charge in [0.25, 0.3) is 0 Å². The maximum Gasteiger partial charge on any atom is 0.0572 e. The predicted octanol–water partition coefficient (Wildman–Crippen LogP) is 4.50. The molecule has 21 heavy (non-hydrogen) atoms. The van der Waals surface area contributed by atoms with Gasteiger partial charge in [0.05, 0.1) is 6.54 Å². The molecule has 0 atom stereocenters. The van der Waals surface area contributed by atoms with E-state index in [0.717, 1.165) is 19.6 Å². The summed E-state index contributed by atoms with van der Waals surface area (Å²) in [6.07, 6.45) is 0. The average molecular weight is 298 g/mol. The number of nitrogens with zero attached hydrogens (tertiary/aromatic N) is 1. The highest BCUT2D eigenvalue weighted by molar-refractivity contribution is 7.09. The van der Waals surface area contributed by atoms with Crippen molar-refractivity contribution in [2.24, 2.45) is 5.92 Å². The number of hydrogen-bond donors (Lipinski definition) is 1. The minimum Gasteiger partial charge on any atom is -0.338 e. The molecule has 1 N–H and O–H groups in total.